The lowest BCUT2D eigenvalue weighted by molar-refractivity contribution is 0.188. The van der Waals surface area contributed by atoms with Crippen LogP contribution in [0, 0.1) is 0 Å². The zero-order valence-electron chi connectivity index (χ0n) is 11.0. The number of nitrogens with one attached hydrogen (secondary N) is 1. The Morgan fingerprint density at radius 3 is 2.76 bits per heavy atom. The van der Waals surface area contributed by atoms with Crippen LogP contribution in [0.1, 0.15) is 31.4 Å². The smallest absolute Gasteiger partial charge is 0.0462 e. The lowest BCUT2D eigenvalue weighted by Gasteiger charge is -2.20. The van der Waals surface area contributed by atoms with Gasteiger partial charge in [0.15, 0.2) is 0 Å². The van der Waals surface area contributed by atoms with Crippen molar-refractivity contribution in [2.45, 2.75) is 30.7 Å². The third-order valence-electron chi connectivity index (χ3n) is 2.81. The fourth-order valence-electron chi connectivity index (χ4n) is 2.00. The van der Waals surface area contributed by atoms with Gasteiger partial charge >= 0.3 is 0 Å². The van der Waals surface area contributed by atoms with Gasteiger partial charge in [-0.25, -0.2) is 0 Å². The highest BCUT2D eigenvalue weighted by molar-refractivity contribution is 7.98. The minimum Gasteiger partial charge on any atom is -0.385 e. The van der Waals surface area contributed by atoms with E-state index in [-0.39, 0.29) is 0 Å². The largest absolute Gasteiger partial charge is 0.385 e. The van der Waals surface area contributed by atoms with Gasteiger partial charge in [-0.15, -0.1) is 11.8 Å². The molecule has 0 fully saturated rings. The van der Waals surface area contributed by atoms with Crippen LogP contribution in [0.15, 0.2) is 29.2 Å². The SMILES string of the molecule is CCNC(CCCOC)c1ccccc1SC. The number of thioether (sulfide) groups is 1. The van der Waals surface area contributed by atoms with E-state index in [2.05, 4.69) is 42.8 Å². The minimum absolute atomic E-state index is 0.443. The van der Waals surface area contributed by atoms with Crippen LogP contribution in [-0.4, -0.2) is 26.5 Å². The first-order valence-corrected chi connectivity index (χ1v) is 7.41. The van der Waals surface area contributed by atoms with Gasteiger partial charge in [-0.2, -0.15) is 0 Å². The molecule has 0 amide bonds. The predicted molar refractivity (Wildman–Crippen MR) is 75.8 cm³/mol. The fraction of sp³-hybridized carbons (Fsp3) is 0.571. The Labute approximate surface area is 109 Å². The Bertz CT molecular complexity index is 317. The maximum Gasteiger partial charge on any atom is 0.0462 e. The molecule has 96 valence electrons. The standard InChI is InChI=1S/C14H23NOS/c1-4-15-13(9-7-11-16-2)12-8-5-6-10-14(12)17-3/h5-6,8,10,13,15H,4,7,9,11H2,1-3H3. The summed E-state index contributed by atoms with van der Waals surface area (Å²) in [5, 5.41) is 3.56. The van der Waals surface area contributed by atoms with Gasteiger partial charge in [-0.05, 0) is 37.3 Å². The van der Waals surface area contributed by atoms with E-state index < -0.39 is 0 Å². The number of rotatable bonds is 8. The number of hydrogen-bond donors (Lipinski definition) is 1. The maximum atomic E-state index is 5.13. The Hall–Kier alpha value is -0.510. The molecule has 0 heterocycles. The average Bonchev–Trinajstić information content (AvgIpc) is 2.38. The summed E-state index contributed by atoms with van der Waals surface area (Å²) in [6.45, 7) is 3.99. The van der Waals surface area contributed by atoms with Crippen LogP contribution in [0.2, 0.25) is 0 Å². The van der Waals surface area contributed by atoms with Crippen molar-refractivity contribution in [1.29, 1.82) is 0 Å². The van der Waals surface area contributed by atoms with E-state index in [1.807, 2.05) is 11.8 Å². The molecule has 1 aromatic rings. The van der Waals surface area contributed by atoms with Crippen LogP contribution in [0.3, 0.4) is 0 Å². The van der Waals surface area contributed by atoms with E-state index in [4.69, 9.17) is 4.74 Å². The molecule has 0 aliphatic carbocycles. The molecule has 0 aliphatic heterocycles. The highest BCUT2D eigenvalue weighted by Gasteiger charge is 2.13. The molecule has 0 radical (unpaired) electrons. The molecule has 1 unspecified atom stereocenters. The van der Waals surface area contributed by atoms with E-state index in [0.29, 0.717) is 6.04 Å². The van der Waals surface area contributed by atoms with E-state index in [9.17, 15) is 0 Å². The van der Waals surface area contributed by atoms with E-state index in [1.54, 1.807) is 7.11 Å². The Morgan fingerprint density at radius 2 is 2.12 bits per heavy atom. The molecular formula is C14H23NOS. The Morgan fingerprint density at radius 1 is 1.35 bits per heavy atom. The fourth-order valence-corrected chi connectivity index (χ4v) is 2.66. The van der Waals surface area contributed by atoms with Gasteiger partial charge in [0.2, 0.25) is 0 Å². The minimum atomic E-state index is 0.443. The second-order valence-corrected chi connectivity index (χ2v) is 4.84. The normalized spacial score (nSPS) is 12.6. The Kier molecular flexibility index (Phi) is 7.33. The van der Waals surface area contributed by atoms with E-state index in [1.165, 1.54) is 10.5 Å². The van der Waals surface area contributed by atoms with Crippen molar-refractivity contribution in [3.8, 4) is 0 Å². The maximum absolute atomic E-state index is 5.13. The van der Waals surface area contributed by atoms with E-state index >= 15 is 0 Å². The van der Waals surface area contributed by atoms with Crippen molar-refractivity contribution in [1.82, 2.24) is 5.32 Å². The molecule has 0 bridgehead atoms. The zero-order chi connectivity index (χ0) is 12.5. The van der Waals surface area contributed by atoms with Crippen molar-refractivity contribution in [3.05, 3.63) is 29.8 Å². The average molecular weight is 253 g/mol. The van der Waals surface area contributed by atoms with Crippen LogP contribution < -0.4 is 5.32 Å². The van der Waals surface area contributed by atoms with Gasteiger partial charge < -0.3 is 10.1 Å². The molecule has 1 rings (SSSR count). The number of methoxy groups -OCH3 is 1. The molecule has 17 heavy (non-hydrogen) atoms. The van der Waals surface area contributed by atoms with Gasteiger partial charge in [0, 0.05) is 24.7 Å². The van der Waals surface area contributed by atoms with Gasteiger partial charge in [-0.3, -0.25) is 0 Å². The van der Waals surface area contributed by atoms with Crippen molar-refractivity contribution in [3.63, 3.8) is 0 Å². The van der Waals surface area contributed by atoms with Crippen LogP contribution >= 0.6 is 11.8 Å². The molecule has 1 aromatic carbocycles. The molecule has 0 saturated heterocycles. The first kappa shape index (κ1) is 14.6. The predicted octanol–water partition coefficient (Wildman–Crippen LogP) is 3.49. The molecule has 0 aliphatic rings. The van der Waals surface area contributed by atoms with Crippen LogP contribution in [0.25, 0.3) is 0 Å². The first-order chi connectivity index (χ1) is 8.33. The lowest BCUT2D eigenvalue weighted by Crippen LogP contribution is -2.21. The van der Waals surface area contributed by atoms with Crippen molar-refractivity contribution in [2.24, 2.45) is 0 Å². The number of ether oxygens (including phenoxy) is 1. The van der Waals surface area contributed by atoms with Crippen molar-refractivity contribution >= 4 is 11.8 Å². The van der Waals surface area contributed by atoms with Gasteiger partial charge in [0.1, 0.15) is 0 Å². The summed E-state index contributed by atoms with van der Waals surface area (Å²) in [5.74, 6) is 0. The summed E-state index contributed by atoms with van der Waals surface area (Å²) < 4.78 is 5.13. The highest BCUT2D eigenvalue weighted by atomic mass is 32.2. The molecule has 0 aromatic heterocycles. The van der Waals surface area contributed by atoms with Crippen LogP contribution in [-0.2, 0) is 4.74 Å². The molecule has 1 atom stereocenters. The molecule has 2 nitrogen and oxygen atoms in total. The van der Waals surface area contributed by atoms with Gasteiger partial charge in [-0.1, -0.05) is 25.1 Å². The second-order valence-electron chi connectivity index (χ2n) is 3.99. The zero-order valence-corrected chi connectivity index (χ0v) is 11.8. The summed E-state index contributed by atoms with van der Waals surface area (Å²) in [5.41, 5.74) is 1.41. The lowest BCUT2D eigenvalue weighted by atomic mass is 10.0. The third-order valence-corrected chi connectivity index (χ3v) is 3.62. The number of hydrogen-bond acceptors (Lipinski definition) is 3. The summed E-state index contributed by atoms with van der Waals surface area (Å²) in [7, 11) is 1.76. The quantitative estimate of drug-likeness (QED) is 0.566. The Balaban J connectivity index is 2.73. The van der Waals surface area contributed by atoms with Crippen LogP contribution in [0.4, 0.5) is 0 Å². The van der Waals surface area contributed by atoms with Crippen molar-refractivity contribution < 1.29 is 4.74 Å². The van der Waals surface area contributed by atoms with Gasteiger partial charge in [0.05, 0.1) is 0 Å². The number of benzene rings is 1. The van der Waals surface area contributed by atoms with Crippen molar-refractivity contribution in [2.75, 3.05) is 26.5 Å². The summed E-state index contributed by atoms with van der Waals surface area (Å²) >= 11 is 1.82. The molecular weight excluding hydrogens is 230 g/mol. The summed E-state index contributed by atoms with van der Waals surface area (Å²) in [6.07, 6.45) is 4.35. The highest BCUT2D eigenvalue weighted by Crippen LogP contribution is 2.28. The molecule has 0 spiro atoms. The van der Waals surface area contributed by atoms with E-state index in [0.717, 1.165) is 26.0 Å². The molecule has 3 heteroatoms. The first-order valence-electron chi connectivity index (χ1n) is 6.18. The van der Waals surface area contributed by atoms with Gasteiger partial charge in [0.25, 0.3) is 0 Å². The van der Waals surface area contributed by atoms with Crippen LogP contribution in [0.5, 0.6) is 0 Å². The topological polar surface area (TPSA) is 21.3 Å². The molecule has 0 saturated carbocycles. The molecule has 1 N–H and O–H groups in total. The summed E-state index contributed by atoms with van der Waals surface area (Å²) in [6, 6.07) is 9.09. The summed E-state index contributed by atoms with van der Waals surface area (Å²) in [4.78, 5) is 1.37. The third kappa shape index (κ3) is 4.70. The monoisotopic (exact) mass is 253 g/mol. The second kappa shape index (κ2) is 8.56.